The van der Waals surface area contributed by atoms with Gasteiger partial charge in [-0.2, -0.15) is 0 Å². The molecule has 4 heterocycles. The van der Waals surface area contributed by atoms with Crippen molar-refractivity contribution in [2.45, 2.75) is 90.2 Å². The van der Waals surface area contributed by atoms with Crippen molar-refractivity contribution >= 4 is 39.1 Å². The number of hydrogen-bond acceptors (Lipinski definition) is 10. The smallest absolute Gasteiger partial charge is 0.189 e. The Hall–Kier alpha value is -1.85. The van der Waals surface area contributed by atoms with Gasteiger partial charge >= 0.3 is 0 Å². The average Bonchev–Trinajstić information content (AvgIpc) is 3.32. The lowest BCUT2D eigenvalue weighted by atomic mass is 9.86. The van der Waals surface area contributed by atoms with Gasteiger partial charge in [0.05, 0.1) is 27.3 Å². The first-order chi connectivity index (χ1) is 16.4. The van der Waals surface area contributed by atoms with Crippen molar-refractivity contribution in [1.29, 1.82) is 0 Å². The molecule has 0 spiro atoms. The molecule has 1 fully saturated rings. The molecule has 0 bridgehead atoms. The summed E-state index contributed by atoms with van der Waals surface area (Å²) in [6, 6.07) is 1.98. The first kappa shape index (κ1) is 26.2. The largest absolute Gasteiger partial charge is 0.390 e. The number of pyridine rings is 1. The van der Waals surface area contributed by atoms with Crippen LogP contribution in [0.3, 0.4) is 0 Å². The summed E-state index contributed by atoms with van der Waals surface area (Å²) in [5.74, 6) is -0.00347. The molecule has 1 aliphatic rings. The molecule has 8 nitrogen and oxygen atoms in total. The van der Waals surface area contributed by atoms with Crippen LogP contribution in [0.5, 0.6) is 0 Å². The topological polar surface area (TPSA) is 102 Å². The predicted octanol–water partition coefficient (Wildman–Crippen LogP) is 5.56. The lowest BCUT2D eigenvalue weighted by Gasteiger charge is -2.31. The molecule has 190 valence electrons. The summed E-state index contributed by atoms with van der Waals surface area (Å²) in [6.45, 7) is 13.6. The minimum Gasteiger partial charge on any atom is -0.390 e. The van der Waals surface area contributed by atoms with Gasteiger partial charge in [-0.25, -0.2) is 15.0 Å². The number of nitrogens with one attached hydrogen (secondary N) is 1. The van der Waals surface area contributed by atoms with E-state index in [-0.39, 0.29) is 12.0 Å². The van der Waals surface area contributed by atoms with Crippen LogP contribution in [0.4, 0.5) is 5.82 Å². The monoisotopic (exact) mass is 517 g/mol. The van der Waals surface area contributed by atoms with Crippen molar-refractivity contribution < 1.29 is 14.6 Å². The lowest BCUT2D eigenvalue weighted by molar-refractivity contribution is -0.151. The maximum Gasteiger partial charge on any atom is 0.189 e. The maximum absolute atomic E-state index is 10.5. The molecule has 35 heavy (non-hydrogen) atoms. The lowest BCUT2D eigenvalue weighted by Crippen LogP contribution is -2.39. The third kappa shape index (κ3) is 5.77. The summed E-state index contributed by atoms with van der Waals surface area (Å²) in [4.78, 5) is 18.8. The number of fused-ring (bicyclic) bond motifs is 1. The molecular weight excluding hydrogens is 482 g/mol. The number of aliphatic hydroxyl groups is 1. The molecule has 0 aromatic carbocycles. The van der Waals surface area contributed by atoms with Crippen molar-refractivity contribution in [3.63, 3.8) is 0 Å². The zero-order chi connectivity index (χ0) is 25.5. The summed E-state index contributed by atoms with van der Waals surface area (Å²) in [5.41, 5.74) is 2.67. The van der Waals surface area contributed by atoms with Crippen molar-refractivity contribution in [2.75, 3.05) is 11.6 Å². The molecule has 0 saturated carbocycles. The van der Waals surface area contributed by atoms with Crippen LogP contribution >= 0.6 is 23.1 Å². The van der Waals surface area contributed by atoms with Crippen LogP contribution in [0, 0.1) is 19.8 Å². The first-order valence-corrected chi connectivity index (χ1v) is 13.9. The van der Waals surface area contributed by atoms with Gasteiger partial charge in [0, 0.05) is 6.20 Å². The van der Waals surface area contributed by atoms with Gasteiger partial charge in [0.2, 0.25) is 0 Å². The van der Waals surface area contributed by atoms with Crippen molar-refractivity contribution in [3.05, 3.63) is 23.7 Å². The van der Waals surface area contributed by atoms with Crippen LogP contribution in [-0.4, -0.2) is 55.0 Å². The molecule has 10 heteroatoms. The van der Waals surface area contributed by atoms with Crippen LogP contribution in [0.15, 0.2) is 17.4 Å². The summed E-state index contributed by atoms with van der Waals surface area (Å²) in [5, 5.41) is 15.6. The molecule has 0 amide bonds. The van der Waals surface area contributed by atoms with Gasteiger partial charge in [0.15, 0.2) is 17.2 Å². The predicted molar refractivity (Wildman–Crippen MR) is 142 cm³/mol. The number of rotatable bonds is 8. The zero-order valence-electron chi connectivity index (χ0n) is 21.7. The van der Waals surface area contributed by atoms with E-state index in [1.165, 1.54) is 11.8 Å². The molecule has 3 aromatic rings. The molecule has 3 atom stereocenters. The van der Waals surface area contributed by atoms with Gasteiger partial charge in [0.1, 0.15) is 22.4 Å². The molecule has 0 radical (unpaired) electrons. The van der Waals surface area contributed by atoms with Crippen molar-refractivity contribution in [1.82, 2.24) is 19.9 Å². The zero-order valence-corrected chi connectivity index (χ0v) is 23.3. The first-order valence-electron chi connectivity index (χ1n) is 11.9. The Labute approximate surface area is 215 Å². The van der Waals surface area contributed by atoms with Crippen LogP contribution in [-0.2, 0) is 9.47 Å². The molecule has 0 aliphatic carbocycles. The molecule has 3 aromatic heterocycles. The van der Waals surface area contributed by atoms with Crippen molar-refractivity contribution in [2.24, 2.45) is 5.92 Å². The second-order valence-electron chi connectivity index (χ2n) is 10.1. The highest BCUT2D eigenvalue weighted by atomic mass is 32.2. The minimum atomic E-state index is -0.809. The van der Waals surface area contributed by atoms with E-state index in [4.69, 9.17) is 24.4 Å². The number of nitrogens with zero attached hydrogens (tertiary/aromatic N) is 4. The van der Waals surface area contributed by atoms with E-state index in [1.54, 1.807) is 11.3 Å². The molecular formula is C25H35N5O3S2. The molecule has 1 aliphatic heterocycles. The third-order valence-corrected chi connectivity index (χ3v) is 7.70. The maximum atomic E-state index is 10.5. The molecule has 2 N–H and O–H groups in total. The fraction of sp³-hybridized carbons (Fsp3) is 0.600. The summed E-state index contributed by atoms with van der Waals surface area (Å²) >= 11 is 3.09. The fourth-order valence-electron chi connectivity index (χ4n) is 4.60. The fourth-order valence-corrected chi connectivity index (χ4v) is 6.12. The van der Waals surface area contributed by atoms with Crippen LogP contribution in [0.2, 0.25) is 0 Å². The quantitative estimate of drug-likeness (QED) is 0.293. The SMILES string of the molecule is CCC(CC(C)(C)O)[C@H]1OC(C)(C)O[C@H]1Nc1nc(SC)nc(C)c1-c1nc2c(C)nccc2s1. The number of anilines is 1. The van der Waals surface area contributed by atoms with Gasteiger partial charge in [-0.15, -0.1) is 11.3 Å². The van der Waals surface area contributed by atoms with Gasteiger partial charge < -0.3 is 19.9 Å². The molecule has 1 unspecified atom stereocenters. The van der Waals surface area contributed by atoms with Crippen LogP contribution in [0.25, 0.3) is 20.8 Å². The van der Waals surface area contributed by atoms with E-state index in [0.29, 0.717) is 17.4 Å². The minimum absolute atomic E-state index is 0.0943. The number of ether oxygens (including phenoxy) is 2. The van der Waals surface area contributed by atoms with Gasteiger partial charge in [-0.05, 0) is 66.2 Å². The number of thiazole rings is 1. The number of hydrogen-bond donors (Lipinski definition) is 2. The van der Waals surface area contributed by atoms with E-state index in [1.807, 2.05) is 60.1 Å². The average molecular weight is 518 g/mol. The van der Waals surface area contributed by atoms with E-state index in [0.717, 1.165) is 38.6 Å². The standard InChI is InChI=1S/C25H35N5O3S2/c1-9-15(12-24(4,5)31)19-21(33-25(6,7)32-19)29-20-17(13(2)27-23(30-20)34-8)22-28-18-14(3)26-11-10-16(18)35-22/h10-11,15,19,21,31H,9,12H2,1-8H3,(H,27,29,30)/t15?,19-,21-/m1/s1. The normalized spacial score (nSPS) is 20.9. The molecule has 1 saturated heterocycles. The van der Waals surface area contributed by atoms with Crippen molar-refractivity contribution in [3.8, 4) is 10.6 Å². The van der Waals surface area contributed by atoms with E-state index < -0.39 is 17.6 Å². The summed E-state index contributed by atoms with van der Waals surface area (Å²) < 4.78 is 13.8. The number of aryl methyl sites for hydroxylation is 2. The van der Waals surface area contributed by atoms with E-state index >= 15 is 0 Å². The van der Waals surface area contributed by atoms with Gasteiger partial charge in [-0.3, -0.25) is 4.98 Å². The van der Waals surface area contributed by atoms with Crippen LogP contribution < -0.4 is 5.32 Å². The highest BCUT2D eigenvalue weighted by Crippen LogP contribution is 2.40. The van der Waals surface area contributed by atoms with Gasteiger partial charge in [0.25, 0.3) is 0 Å². The Kier molecular flexibility index (Phi) is 7.41. The highest BCUT2D eigenvalue weighted by Gasteiger charge is 2.46. The van der Waals surface area contributed by atoms with E-state index in [9.17, 15) is 5.11 Å². The Bertz CT molecular complexity index is 1210. The Morgan fingerprint density at radius 2 is 1.94 bits per heavy atom. The summed E-state index contributed by atoms with van der Waals surface area (Å²) in [6.07, 6.45) is 4.51. The number of thioether (sulfide) groups is 1. The second kappa shape index (κ2) is 9.89. The number of aromatic nitrogens is 4. The van der Waals surface area contributed by atoms with Crippen LogP contribution in [0.1, 0.15) is 58.8 Å². The highest BCUT2D eigenvalue weighted by molar-refractivity contribution is 7.98. The Balaban J connectivity index is 1.76. The Morgan fingerprint density at radius 1 is 1.20 bits per heavy atom. The summed E-state index contributed by atoms with van der Waals surface area (Å²) in [7, 11) is 0. The van der Waals surface area contributed by atoms with E-state index in [2.05, 4.69) is 17.2 Å². The third-order valence-electron chi connectivity index (χ3n) is 6.11. The van der Waals surface area contributed by atoms with Gasteiger partial charge in [-0.1, -0.05) is 25.1 Å². The second-order valence-corrected chi connectivity index (χ2v) is 11.9. The Morgan fingerprint density at radius 3 is 2.57 bits per heavy atom. The molecule has 4 rings (SSSR count).